The Morgan fingerprint density at radius 3 is 2.00 bits per heavy atom. The van der Waals surface area contributed by atoms with Gasteiger partial charge >= 0.3 is 0 Å². The van der Waals surface area contributed by atoms with Crippen LogP contribution in [0.15, 0.2) is 36.4 Å². The Labute approximate surface area is 121 Å². The van der Waals surface area contributed by atoms with Gasteiger partial charge < -0.3 is 14.2 Å². The molecule has 0 amide bonds. The third kappa shape index (κ3) is 3.03. The number of carbonyl (C=O) groups is 1. The Morgan fingerprint density at radius 1 is 1.00 bits per heavy atom. The van der Waals surface area contributed by atoms with E-state index in [-0.39, 0.29) is 0 Å². The minimum absolute atomic E-state index is 0.405. The number of halogens is 1. The molecule has 0 aromatic heterocycles. The molecule has 0 aliphatic carbocycles. The third-order valence-corrected chi connectivity index (χ3v) is 2.90. The van der Waals surface area contributed by atoms with E-state index in [1.165, 1.54) is 14.2 Å². The highest BCUT2D eigenvalue weighted by Gasteiger charge is 2.15. The largest absolute Gasteiger partial charge is 0.493 e. The number of carbonyl (C=O) groups excluding carboxylic acids is 1. The van der Waals surface area contributed by atoms with Crippen molar-refractivity contribution in [1.29, 1.82) is 0 Å². The van der Waals surface area contributed by atoms with Gasteiger partial charge in [-0.3, -0.25) is 4.79 Å². The van der Waals surface area contributed by atoms with Gasteiger partial charge in [-0.1, -0.05) is 11.6 Å². The van der Waals surface area contributed by atoms with E-state index in [9.17, 15) is 4.79 Å². The molecule has 2 aromatic rings. The lowest BCUT2D eigenvalue weighted by Gasteiger charge is -2.14. The van der Waals surface area contributed by atoms with E-state index in [0.29, 0.717) is 33.6 Å². The second-order valence-corrected chi connectivity index (χ2v) is 4.36. The predicted molar refractivity (Wildman–Crippen MR) is 76.5 cm³/mol. The molecule has 0 aliphatic heterocycles. The van der Waals surface area contributed by atoms with Crippen LogP contribution >= 0.6 is 11.6 Å². The van der Waals surface area contributed by atoms with Gasteiger partial charge in [-0.2, -0.15) is 0 Å². The van der Waals surface area contributed by atoms with Gasteiger partial charge in [-0.05, 0) is 36.4 Å². The molecule has 4 nitrogen and oxygen atoms in total. The summed E-state index contributed by atoms with van der Waals surface area (Å²) >= 11 is 5.83. The van der Waals surface area contributed by atoms with Crippen LogP contribution in [-0.4, -0.2) is 20.5 Å². The summed E-state index contributed by atoms with van der Waals surface area (Å²) < 4.78 is 16.2. The van der Waals surface area contributed by atoms with Crippen LogP contribution in [0.25, 0.3) is 0 Å². The summed E-state index contributed by atoms with van der Waals surface area (Å²) in [6.07, 6.45) is 0.719. The van der Waals surface area contributed by atoms with E-state index >= 15 is 0 Å². The van der Waals surface area contributed by atoms with Gasteiger partial charge in [0.2, 0.25) is 5.75 Å². The van der Waals surface area contributed by atoms with Crippen LogP contribution in [0.3, 0.4) is 0 Å². The van der Waals surface area contributed by atoms with Crippen LogP contribution < -0.4 is 14.2 Å². The summed E-state index contributed by atoms with van der Waals surface area (Å²) in [5.41, 5.74) is 0.446. The van der Waals surface area contributed by atoms with E-state index in [2.05, 4.69) is 0 Å². The molecule has 0 saturated carbocycles. The molecule has 0 N–H and O–H groups in total. The number of benzene rings is 2. The van der Waals surface area contributed by atoms with Gasteiger partial charge in [0, 0.05) is 10.6 Å². The van der Waals surface area contributed by atoms with Gasteiger partial charge in [0.15, 0.2) is 11.5 Å². The van der Waals surface area contributed by atoms with Crippen molar-refractivity contribution in [3.63, 3.8) is 0 Å². The molecule has 20 heavy (non-hydrogen) atoms. The quantitative estimate of drug-likeness (QED) is 0.782. The van der Waals surface area contributed by atoms with Crippen LogP contribution in [0.1, 0.15) is 10.4 Å². The highest BCUT2D eigenvalue weighted by Crippen LogP contribution is 2.41. The second-order valence-electron chi connectivity index (χ2n) is 3.93. The fourth-order valence-corrected chi connectivity index (χ4v) is 1.82. The van der Waals surface area contributed by atoms with E-state index in [0.717, 1.165) is 6.29 Å². The first-order valence-corrected chi connectivity index (χ1v) is 6.20. The zero-order valence-electron chi connectivity index (χ0n) is 11.1. The topological polar surface area (TPSA) is 44.8 Å². The van der Waals surface area contributed by atoms with Crippen LogP contribution in [0.5, 0.6) is 23.0 Å². The van der Waals surface area contributed by atoms with Crippen LogP contribution in [-0.2, 0) is 0 Å². The van der Waals surface area contributed by atoms with Crippen molar-refractivity contribution in [3.05, 3.63) is 47.0 Å². The van der Waals surface area contributed by atoms with Gasteiger partial charge in [0.1, 0.15) is 12.0 Å². The van der Waals surface area contributed by atoms with Crippen LogP contribution in [0.2, 0.25) is 5.02 Å². The fourth-order valence-electron chi connectivity index (χ4n) is 1.69. The Kier molecular flexibility index (Phi) is 4.48. The van der Waals surface area contributed by atoms with Gasteiger partial charge in [0.25, 0.3) is 0 Å². The molecular weight excluding hydrogens is 280 g/mol. The lowest BCUT2D eigenvalue weighted by molar-refractivity contribution is 0.112. The Balaban J connectivity index is 2.43. The van der Waals surface area contributed by atoms with Gasteiger partial charge in [0.05, 0.1) is 14.2 Å². The normalized spacial score (nSPS) is 9.95. The Hall–Kier alpha value is -2.20. The van der Waals surface area contributed by atoms with Crippen molar-refractivity contribution in [1.82, 2.24) is 0 Å². The average Bonchev–Trinajstić information content (AvgIpc) is 2.49. The summed E-state index contributed by atoms with van der Waals surface area (Å²) in [6, 6.07) is 10.1. The van der Waals surface area contributed by atoms with E-state index < -0.39 is 0 Å². The maximum atomic E-state index is 10.9. The SMILES string of the molecule is COc1cc(C=O)cc(OC)c1Oc1ccc(Cl)cc1. The predicted octanol–water partition coefficient (Wildman–Crippen LogP) is 3.96. The Bertz CT molecular complexity index is 583. The molecule has 0 atom stereocenters. The van der Waals surface area contributed by atoms with Crippen molar-refractivity contribution >= 4 is 17.9 Å². The first-order valence-electron chi connectivity index (χ1n) is 5.82. The molecule has 2 aromatic carbocycles. The van der Waals surface area contributed by atoms with Crippen molar-refractivity contribution in [3.8, 4) is 23.0 Å². The highest BCUT2D eigenvalue weighted by atomic mass is 35.5. The molecular formula is C15H13ClO4. The molecule has 0 fully saturated rings. The van der Waals surface area contributed by atoms with Crippen molar-refractivity contribution in [2.75, 3.05) is 14.2 Å². The average molecular weight is 293 g/mol. The van der Waals surface area contributed by atoms with E-state index in [1.807, 2.05) is 0 Å². The third-order valence-electron chi connectivity index (χ3n) is 2.65. The number of hydrogen-bond donors (Lipinski definition) is 0. The van der Waals surface area contributed by atoms with Crippen LogP contribution in [0, 0.1) is 0 Å². The molecule has 0 saturated heterocycles. The van der Waals surface area contributed by atoms with Gasteiger partial charge in [-0.25, -0.2) is 0 Å². The molecule has 0 spiro atoms. The lowest BCUT2D eigenvalue weighted by Crippen LogP contribution is -1.96. The molecule has 0 unspecified atom stereocenters. The van der Waals surface area contributed by atoms with Crippen molar-refractivity contribution < 1.29 is 19.0 Å². The first-order chi connectivity index (χ1) is 9.67. The summed E-state index contributed by atoms with van der Waals surface area (Å²) in [6.45, 7) is 0. The molecule has 2 rings (SSSR count). The summed E-state index contributed by atoms with van der Waals surface area (Å²) in [4.78, 5) is 10.9. The number of aldehydes is 1. The van der Waals surface area contributed by atoms with Crippen molar-refractivity contribution in [2.24, 2.45) is 0 Å². The number of methoxy groups -OCH3 is 2. The molecule has 5 heteroatoms. The smallest absolute Gasteiger partial charge is 0.211 e. The zero-order chi connectivity index (χ0) is 14.5. The first kappa shape index (κ1) is 14.2. The van der Waals surface area contributed by atoms with Crippen molar-refractivity contribution in [2.45, 2.75) is 0 Å². The summed E-state index contributed by atoms with van der Waals surface area (Å²) in [5.74, 6) is 1.83. The van der Waals surface area contributed by atoms with E-state index in [4.69, 9.17) is 25.8 Å². The molecule has 104 valence electrons. The zero-order valence-corrected chi connectivity index (χ0v) is 11.8. The van der Waals surface area contributed by atoms with E-state index in [1.54, 1.807) is 36.4 Å². The number of ether oxygens (including phenoxy) is 3. The minimum Gasteiger partial charge on any atom is -0.493 e. The van der Waals surface area contributed by atoms with Crippen LogP contribution in [0.4, 0.5) is 0 Å². The maximum absolute atomic E-state index is 10.9. The fraction of sp³-hybridized carbons (Fsp3) is 0.133. The number of rotatable bonds is 5. The molecule has 0 heterocycles. The molecule has 0 aliphatic rings. The summed E-state index contributed by atoms with van der Waals surface area (Å²) in [7, 11) is 3.00. The maximum Gasteiger partial charge on any atom is 0.211 e. The number of hydrogen-bond acceptors (Lipinski definition) is 4. The highest BCUT2D eigenvalue weighted by molar-refractivity contribution is 6.30. The second kappa shape index (κ2) is 6.30. The Morgan fingerprint density at radius 2 is 1.55 bits per heavy atom. The monoisotopic (exact) mass is 292 g/mol. The summed E-state index contributed by atoms with van der Waals surface area (Å²) in [5, 5.41) is 0.618. The molecule has 0 bridgehead atoms. The molecule has 0 radical (unpaired) electrons. The lowest BCUT2D eigenvalue weighted by atomic mass is 10.2. The minimum atomic E-state index is 0.405. The van der Waals surface area contributed by atoms with Gasteiger partial charge in [-0.15, -0.1) is 0 Å². The standard InChI is InChI=1S/C15H13ClO4/c1-18-13-7-10(9-17)8-14(19-2)15(13)20-12-5-3-11(16)4-6-12/h3-9H,1-2H3.